The van der Waals surface area contributed by atoms with Crippen LogP contribution in [0.1, 0.15) is 0 Å². The molecule has 1 heterocycles. The van der Waals surface area contributed by atoms with Crippen LogP contribution in [-0.4, -0.2) is 37.1 Å². The van der Waals surface area contributed by atoms with Crippen LogP contribution in [0.5, 0.6) is 0 Å². The average molecular weight is 283 g/mol. The predicted molar refractivity (Wildman–Crippen MR) is 58.2 cm³/mol. The van der Waals surface area contributed by atoms with Crippen molar-refractivity contribution in [1.82, 2.24) is 4.98 Å². The van der Waals surface area contributed by atoms with Gasteiger partial charge in [0, 0.05) is 20.3 Å². The number of carbonyl (C=O) groups excluding carboxylic acids is 1. The normalized spacial score (nSPS) is 12.2. The second-order valence-electron chi connectivity index (χ2n) is 3.80. The van der Waals surface area contributed by atoms with Crippen molar-refractivity contribution < 1.29 is 26.7 Å². The third kappa shape index (κ3) is 3.09. The zero-order valence-electron chi connectivity index (χ0n) is 9.92. The standard InChI is InChI=1S/C10H10F5N3O/c1-18(2)7-6(4-3-5-16-7)17-8(19)9(11,12)10(13,14)15/h3-5H,1-2H3,(H,17,19). The van der Waals surface area contributed by atoms with Gasteiger partial charge in [-0.15, -0.1) is 0 Å². The van der Waals surface area contributed by atoms with E-state index in [9.17, 15) is 26.7 Å². The molecule has 0 saturated carbocycles. The largest absolute Gasteiger partial charge is 0.463 e. The van der Waals surface area contributed by atoms with Crippen molar-refractivity contribution in [3.8, 4) is 0 Å². The number of amides is 1. The first-order valence-corrected chi connectivity index (χ1v) is 4.95. The number of rotatable bonds is 3. The topological polar surface area (TPSA) is 45.2 Å². The van der Waals surface area contributed by atoms with E-state index in [0.717, 1.165) is 0 Å². The zero-order chi connectivity index (χ0) is 14.8. The van der Waals surface area contributed by atoms with Gasteiger partial charge in [-0.3, -0.25) is 4.79 Å². The summed E-state index contributed by atoms with van der Waals surface area (Å²) in [5, 5.41) is 1.53. The third-order valence-electron chi connectivity index (χ3n) is 2.10. The number of hydrogen-bond acceptors (Lipinski definition) is 3. The van der Waals surface area contributed by atoms with E-state index in [1.807, 2.05) is 0 Å². The molecule has 9 heteroatoms. The van der Waals surface area contributed by atoms with E-state index in [0.29, 0.717) is 0 Å². The van der Waals surface area contributed by atoms with E-state index < -0.39 is 18.0 Å². The predicted octanol–water partition coefficient (Wildman–Crippen LogP) is 2.28. The van der Waals surface area contributed by atoms with Gasteiger partial charge in [0.15, 0.2) is 5.82 Å². The Kier molecular flexibility index (Phi) is 3.97. The smallest absolute Gasteiger partial charge is 0.361 e. The SMILES string of the molecule is CN(C)c1ncccc1NC(=O)C(F)(F)C(F)(F)F. The lowest BCUT2D eigenvalue weighted by molar-refractivity contribution is -0.267. The molecule has 0 atom stereocenters. The first-order chi connectivity index (χ1) is 8.57. The minimum absolute atomic E-state index is 0.0637. The lowest BCUT2D eigenvalue weighted by Crippen LogP contribution is -2.47. The molecule has 0 aliphatic carbocycles. The van der Waals surface area contributed by atoms with Crippen LogP contribution in [0, 0.1) is 0 Å². The molecule has 0 spiro atoms. The Bertz CT molecular complexity index is 472. The summed E-state index contributed by atoms with van der Waals surface area (Å²) in [6.07, 6.45) is -4.63. The van der Waals surface area contributed by atoms with Gasteiger partial charge in [0.1, 0.15) is 0 Å². The van der Waals surface area contributed by atoms with Crippen LogP contribution in [0.15, 0.2) is 18.3 Å². The minimum atomic E-state index is -5.95. The van der Waals surface area contributed by atoms with Crippen molar-refractivity contribution in [2.24, 2.45) is 0 Å². The fourth-order valence-electron chi connectivity index (χ4n) is 1.18. The molecule has 19 heavy (non-hydrogen) atoms. The first kappa shape index (κ1) is 15.1. The van der Waals surface area contributed by atoms with Gasteiger partial charge < -0.3 is 10.2 Å². The number of hydrogen-bond donors (Lipinski definition) is 1. The van der Waals surface area contributed by atoms with Gasteiger partial charge in [-0.05, 0) is 12.1 Å². The summed E-state index contributed by atoms with van der Waals surface area (Å²) in [6, 6.07) is 2.47. The van der Waals surface area contributed by atoms with E-state index >= 15 is 0 Å². The number of anilines is 2. The maximum absolute atomic E-state index is 12.8. The Morgan fingerprint density at radius 2 is 1.84 bits per heavy atom. The molecule has 1 N–H and O–H groups in total. The van der Waals surface area contributed by atoms with Crippen molar-refractivity contribution in [2.75, 3.05) is 24.3 Å². The lowest BCUT2D eigenvalue weighted by atomic mass is 10.3. The number of pyridine rings is 1. The second kappa shape index (κ2) is 4.98. The maximum Gasteiger partial charge on any atom is 0.463 e. The summed E-state index contributed by atoms with van der Waals surface area (Å²) >= 11 is 0. The van der Waals surface area contributed by atoms with E-state index in [4.69, 9.17) is 0 Å². The average Bonchev–Trinajstić information content (AvgIpc) is 2.27. The fourth-order valence-corrected chi connectivity index (χ4v) is 1.18. The lowest BCUT2D eigenvalue weighted by Gasteiger charge is -2.21. The summed E-state index contributed by atoms with van der Waals surface area (Å²) in [7, 11) is 3.00. The van der Waals surface area contributed by atoms with Crippen molar-refractivity contribution in [1.29, 1.82) is 0 Å². The number of aromatic nitrogens is 1. The van der Waals surface area contributed by atoms with Gasteiger partial charge in [-0.2, -0.15) is 22.0 Å². The van der Waals surface area contributed by atoms with Crippen LogP contribution in [0.25, 0.3) is 0 Å². The summed E-state index contributed by atoms with van der Waals surface area (Å²) in [4.78, 5) is 16.2. The highest BCUT2D eigenvalue weighted by atomic mass is 19.4. The summed E-state index contributed by atoms with van der Waals surface area (Å²) < 4.78 is 61.6. The number of halogens is 5. The number of alkyl halides is 5. The van der Waals surface area contributed by atoms with Crippen LogP contribution < -0.4 is 10.2 Å². The van der Waals surface area contributed by atoms with Gasteiger partial charge in [0.25, 0.3) is 0 Å². The van der Waals surface area contributed by atoms with Crippen LogP contribution >= 0.6 is 0 Å². The van der Waals surface area contributed by atoms with Gasteiger partial charge in [-0.25, -0.2) is 4.98 Å². The Morgan fingerprint density at radius 1 is 1.26 bits per heavy atom. The second-order valence-corrected chi connectivity index (χ2v) is 3.80. The molecule has 4 nitrogen and oxygen atoms in total. The van der Waals surface area contributed by atoms with Crippen molar-refractivity contribution in [3.05, 3.63) is 18.3 Å². The molecule has 0 fully saturated rings. The molecule has 0 aliphatic rings. The summed E-state index contributed by atoms with van der Waals surface area (Å²) in [5.74, 6) is -7.85. The minimum Gasteiger partial charge on any atom is -0.361 e. The molecule has 1 amide bonds. The molecule has 0 unspecified atom stereocenters. The Hall–Kier alpha value is -1.93. The maximum atomic E-state index is 12.8. The van der Waals surface area contributed by atoms with E-state index in [1.54, 1.807) is 0 Å². The van der Waals surface area contributed by atoms with Gasteiger partial charge in [0.2, 0.25) is 0 Å². The quantitative estimate of drug-likeness (QED) is 0.866. The number of carbonyl (C=O) groups is 1. The molecular formula is C10H10F5N3O. The molecule has 106 valence electrons. The highest BCUT2D eigenvalue weighted by Crippen LogP contribution is 2.36. The van der Waals surface area contributed by atoms with E-state index in [-0.39, 0.29) is 11.5 Å². The highest BCUT2D eigenvalue weighted by Gasteiger charge is 2.63. The van der Waals surface area contributed by atoms with Gasteiger partial charge in [0.05, 0.1) is 5.69 Å². The van der Waals surface area contributed by atoms with Crippen LogP contribution in [-0.2, 0) is 4.79 Å². The molecule has 0 bridgehead atoms. The Morgan fingerprint density at radius 3 is 2.32 bits per heavy atom. The molecule has 1 aromatic heterocycles. The van der Waals surface area contributed by atoms with Crippen LogP contribution in [0.4, 0.5) is 33.5 Å². The molecule has 0 saturated heterocycles. The van der Waals surface area contributed by atoms with Crippen LogP contribution in [0.2, 0.25) is 0 Å². The third-order valence-corrected chi connectivity index (χ3v) is 2.10. The number of nitrogens with one attached hydrogen (secondary N) is 1. The Balaban J connectivity index is 3.01. The highest BCUT2D eigenvalue weighted by molar-refractivity contribution is 5.98. The molecule has 0 aliphatic heterocycles. The van der Waals surface area contributed by atoms with Crippen LogP contribution in [0.3, 0.4) is 0 Å². The zero-order valence-corrected chi connectivity index (χ0v) is 9.92. The summed E-state index contributed by atoms with van der Waals surface area (Å²) in [6.45, 7) is 0. The Labute approximate surface area is 105 Å². The van der Waals surface area contributed by atoms with E-state index in [1.165, 1.54) is 42.6 Å². The molecule has 1 aromatic rings. The van der Waals surface area contributed by atoms with Crippen molar-refractivity contribution in [3.63, 3.8) is 0 Å². The number of nitrogens with zero attached hydrogens (tertiary/aromatic N) is 2. The molecular weight excluding hydrogens is 273 g/mol. The first-order valence-electron chi connectivity index (χ1n) is 4.95. The van der Waals surface area contributed by atoms with Gasteiger partial charge >= 0.3 is 18.0 Å². The van der Waals surface area contributed by atoms with E-state index in [2.05, 4.69) is 4.98 Å². The van der Waals surface area contributed by atoms with Gasteiger partial charge in [-0.1, -0.05) is 0 Å². The van der Waals surface area contributed by atoms with Crippen molar-refractivity contribution >= 4 is 17.4 Å². The molecule has 0 aromatic carbocycles. The fraction of sp³-hybridized carbons (Fsp3) is 0.400. The monoisotopic (exact) mass is 283 g/mol. The summed E-state index contributed by atoms with van der Waals surface area (Å²) in [5.41, 5.74) is -0.235. The molecule has 0 radical (unpaired) electrons. The molecule has 1 rings (SSSR count). The van der Waals surface area contributed by atoms with Crippen molar-refractivity contribution in [2.45, 2.75) is 12.1 Å².